The van der Waals surface area contributed by atoms with Gasteiger partial charge in [-0.3, -0.25) is 9.69 Å². The van der Waals surface area contributed by atoms with Crippen molar-refractivity contribution in [3.05, 3.63) is 29.8 Å². The Morgan fingerprint density at radius 2 is 2.00 bits per heavy atom. The van der Waals surface area contributed by atoms with E-state index in [-0.39, 0.29) is 24.0 Å². The van der Waals surface area contributed by atoms with Gasteiger partial charge < -0.3 is 15.0 Å². The monoisotopic (exact) mass is 395 g/mol. The lowest BCUT2D eigenvalue weighted by Gasteiger charge is -2.31. The summed E-state index contributed by atoms with van der Waals surface area (Å²) in [5.41, 5.74) is 1.70. The number of hydrogen-bond acceptors (Lipinski definition) is 6. The van der Waals surface area contributed by atoms with Crippen LogP contribution in [0.15, 0.2) is 24.3 Å². The van der Waals surface area contributed by atoms with E-state index >= 15 is 0 Å². The first kappa shape index (κ1) is 20.1. The molecule has 0 aromatic heterocycles. The minimum Gasteiger partial charge on any atom is -0.378 e. The summed E-state index contributed by atoms with van der Waals surface area (Å²) in [6, 6.07) is 8.24. The molecule has 150 valence electrons. The molecular weight excluding hydrogens is 366 g/mol. The third-order valence-electron chi connectivity index (χ3n) is 5.14. The Kier molecular flexibility index (Phi) is 6.08. The molecule has 1 aromatic carbocycles. The number of carbonyl (C=O) groups excluding carboxylic acids is 1. The molecule has 0 saturated carbocycles. The maximum absolute atomic E-state index is 12.4. The number of nitrogens with zero attached hydrogens (tertiary/aromatic N) is 2. The summed E-state index contributed by atoms with van der Waals surface area (Å²) in [4.78, 5) is 16.7. The van der Waals surface area contributed by atoms with Crippen LogP contribution in [0.25, 0.3) is 0 Å². The Hall–Kier alpha value is -1.64. The number of anilines is 1. The Balaban J connectivity index is 1.58. The Morgan fingerprint density at radius 1 is 1.30 bits per heavy atom. The van der Waals surface area contributed by atoms with Gasteiger partial charge in [-0.1, -0.05) is 18.2 Å². The van der Waals surface area contributed by atoms with Gasteiger partial charge in [0.15, 0.2) is 9.84 Å². The molecule has 1 N–H and O–H groups in total. The third-order valence-corrected chi connectivity index (χ3v) is 7.04. The number of benzene rings is 1. The predicted molar refractivity (Wildman–Crippen MR) is 106 cm³/mol. The molecule has 8 heteroatoms. The number of morpholine rings is 1. The number of sulfone groups is 1. The normalized spacial score (nSPS) is 24.9. The fraction of sp³-hybridized carbons (Fsp3) is 0.632. The van der Waals surface area contributed by atoms with Crippen LogP contribution in [0.4, 0.5) is 5.69 Å². The molecular formula is C19H29N3O4S. The zero-order chi connectivity index (χ0) is 19.5. The van der Waals surface area contributed by atoms with Crippen LogP contribution in [0.1, 0.15) is 18.9 Å². The lowest BCUT2D eigenvalue weighted by molar-refractivity contribution is -0.123. The lowest BCUT2D eigenvalue weighted by atomic mass is 10.0. The molecule has 2 saturated heterocycles. The number of carbonyl (C=O) groups is 1. The van der Waals surface area contributed by atoms with Gasteiger partial charge in [0.2, 0.25) is 5.91 Å². The largest absolute Gasteiger partial charge is 0.378 e. The first-order chi connectivity index (χ1) is 12.8. The molecule has 27 heavy (non-hydrogen) atoms. The average Bonchev–Trinajstić information content (AvgIpc) is 2.88. The Bertz CT molecular complexity index is 777. The number of para-hydroxylation sites is 1. The van der Waals surface area contributed by atoms with E-state index in [1.807, 2.05) is 31.0 Å². The van der Waals surface area contributed by atoms with E-state index in [0.29, 0.717) is 13.0 Å². The molecule has 2 aliphatic rings. The van der Waals surface area contributed by atoms with Crippen LogP contribution in [0.3, 0.4) is 0 Å². The first-order valence-electron chi connectivity index (χ1n) is 9.37. The highest BCUT2D eigenvalue weighted by Gasteiger charge is 2.39. The van der Waals surface area contributed by atoms with Gasteiger partial charge in [0.05, 0.1) is 36.8 Å². The van der Waals surface area contributed by atoms with Gasteiger partial charge in [-0.05, 0) is 32.0 Å². The summed E-state index contributed by atoms with van der Waals surface area (Å²) >= 11 is 0. The summed E-state index contributed by atoms with van der Waals surface area (Å²) in [6.45, 7) is 5.89. The highest BCUT2D eigenvalue weighted by molar-refractivity contribution is 7.91. The van der Waals surface area contributed by atoms with Crippen molar-refractivity contribution in [3.63, 3.8) is 0 Å². The van der Waals surface area contributed by atoms with Gasteiger partial charge in [-0.25, -0.2) is 8.42 Å². The summed E-state index contributed by atoms with van der Waals surface area (Å²) in [6.07, 6.45) is 0.477. The Labute approximate surface area is 161 Å². The van der Waals surface area contributed by atoms with Crippen LogP contribution >= 0.6 is 0 Å². The molecule has 0 aliphatic carbocycles. The first-order valence-corrected chi connectivity index (χ1v) is 11.2. The standard InChI is InChI=1S/C19H29N3O4S/c1-19(7-12-27(24,25)15-19)20-18(23)14-21(2)13-16-5-3-4-6-17(16)22-8-10-26-11-9-22/h3-6H,7-15H2,1-2H3,(H,20,23)/t19-/m1/s1. The lowest BCUT2D eigenvalue weighted by Crippen LogP contribution is -2.49. The van der Waals surface area contributed by atoms with Crippen molar-refractivity contribution in [2.75, 3.05) is 56.3 Å². The molecule has 0 bridgehead atoms. The highest BCUT2D eigenvalue weighted by atomic mass is 32.2. The van der Waals surface area contributed by atoms with Crippen LogP contribution in [0.2, 0.25) is 0 Å². The van der Waals surface area contributed by atoms with E-state index in [9.17, 15) is 13.2 Å². The molecule has 0 unspecified atom stereocenters. The van der Waals surface area contributed by atoms with E-state index in [1.54, 1.807) is 0 Å². The van der Waals surface area contributed by atoms with Crippen molar-refractivity contribution in [1.29, 1.82) is 0 Å². The van der Waals surface area contributed by atoms with Crippen LogP contribution in [-0.4, -0.2) is 76.2 Å². The fourth-order valence-electron chi connectivity index (χ4n) is 3.83. The van der Waals surface area contributed by atoms with Gasteiger partial charge >= 0.3 is 0 Å². The average molecular weight is 396 g/mol. The van der Waals surface area contributed by atoms with Crippen molar-refractivity contribution in [3.8, 4) is 0 Å². The van der Waals surface area contributed by atoms with Crippen LogP contribution in [-0.2, 0) is 25.9 Å². The van der Waals surface area contributed by atoms with Crippen LogP contribution in [0, 0.1) is 0 Å². The van der Waals surface area contributed by atoms with Gasteiger partial charge in [-0.2, -0.15) is 0 Å². The van der Waals surface area contributed by atoms with E-state index in [2.05, 4.69) is 22.3 Å². The minimum absolute atomic E-state index is 0.0231. The van der Waals surface area contributed by atoms with Crippen LogP contribution in [0.5, 0.6) is 0 Å². The maximum atomic E-state index is 12.4. The van der Waals surface area contributed by atoms with Gasteiger partial charge in [0.25, 0.3) is 0 Å². The Morgan fingerprint density at radius 3 is 2.67 bits per heavy atom. The van der Waals surface area contributed by atoms with Gasteiger partial charge in [0.1, 0.15) is 0 Å². The number of hydrogen-bond donors (Lipinski definition) is 1. The zero-order valence-electron chi connectivity index (χ0n) is 16.1. The molecule has 7 nitrogen and oxygen atoms in total. The van der Waals surface area contributed by atoms with E-state index in [1.165, 1.54) is 11.3 Å². The maximum Gasteiger partial charge on any atom is 0.234 e. The van der Waals surface area contributed by atoms with Crippen molar-refractivity contribution in [1.82, 2.24) is 10.2 Å². The molecule has 1 aromatic rings. The summed E-state index contributed by atoms with van der Waals surface area (Å²) < 4.78 is 28.8. The molecule has 0 radical (unpaired) electrons. The third kappa shape index (κ3) is 5.43. The summed E-state index contributed by atoms with van der Waals surface area (Å²) in [5.74, 6) is 0.0305. The molecule has 2 heterocycles. The molecule has 2 aliphatic heterocycles. The second-order valence-electron chi connectivity index (χ2n) is 7.85. The van der Waals surface area contributed by atoms with Crippen molar-refractivity contribution < 1.29 is 17.9 Å². The number of nitrogens with one attached hydrogen (secondary N) is 1. The number of likely N-dealkylation sites (N-methyl/N-ethyl adjacent to an activating group) is 1. The number of ether oxygens (including phenoxy) is 1. The predicted octanol–water partition coefficient (Wildman–Crippen LogP) is 0.648. The quantitative estimate of drug-likeness (QED) is 0.762. The van der Waals surface area contributed by atoms with Crippen molar-refractivity contribution in [2.45, 2.75) is 25.4 Å². The molecule has 1 amide bonds. The summed E-state index contributed by atoms with van der Waals surface area (Å²) in [5, 5.41) is 2.92. The van der Waals surface area contributed by atoms with Gasteiger partial charge in [-0.15, -0.1) is 0 Å². The smallest absolute Gasteiger partial charge is 0.234 e. The second kappa shape index (κ2) is 8.16. The van der Waals surface area contributed by atoms with Crippen LogP contribution < -0.4 is 10.2 Å². The second-order valence-corrected chi connectivity index (χ2v) is 10.0. The molecule has 1 atom stereocenters. The number of amides is 1. The highest BCUT2D eigenvalue weighted by Crippen LogP contribution is 2.24. The van der Waals surface area contributed by atoms with E-state index < -0.39 is 15.4 Å². The zero-order valence-corrected chi connectivity index (χ0v) is 16.9. The summed E-state index contributed by atoms with van der Waals surface area (Å²) in [7, 11) is -1.13. The fourth-order valence-corrected chi connectivity index (χ4v) is 5.93. The number of rotatable bonds is 6. The van der Waals surface area contributed by atoms with E-state index in [4.69, 9.17) is 4.74 Å². The minimum atomic E-state index is -3.04. The molecule has 2 fully saturated rings. The van der Waals surface area contributed by atoms with Crippen molar-refractivity contribution in [2.24, 2.45) is 0 Å². The van der Waals surface area contributed by atoms with Crippen molar-refractivity contribution >= 4 is 21.4 Å². The SMILES string of the molecule is CN(CC(=O)N[C@]1(C)CCS(=O)(=O)C1)Cc1ccccc1N1CCOCC1. The molecule has 3 rings (SSSR count). The topological polar surface area (TPSA) is 79.0 Å². The van der Waals surface area contributed by atoms with Gasteiger partial charge in [0, 0.05) is 25.3 Å². The van der Waals surface area contributed by atoms with E-state index in [0.717, 1.165) is 26.3 Å². The molecule has 0 spiro atoms.